The van der Waals surface area contributed by atoms with Crippen molar-refractivity contribution >= 4 is 35.3 Å². The predicted molar refractivity (Wildman–Crippen MR) is 163 cm³/mol. The summed E-state index contributed by atoms with van der Waals surface area (Å²) in [5.74, 6) is 4.07. The molecule has 0 radical (unpaired) electrons. The second-order valence-corrected chi connectivity index (χ2v) is 13.1. The lowest BCUT2D eigenvalue weighted by Crippen LogP contribution is -2.58. The SMILES string of the molecule is O=C(NC(CSCC1CCCCC1)C(=O)N1CCN(C(c2ccccc2)c2ccccc2)CC1)C1CSCN1. The number of hydrogen-bond acceptors (Lipinski definition) is 6. The van der Waals surface area contributed by atoms with Gasteiger partial charge >= 0.3 is 0 Å². The Labute approximate surface area is 242 Å². The molecule has 3 aliphatic rings. The first-order valence-corrected chi connectivity index (χ1v) is 16.8. The van der Waals surface area contributed by atoms with Crippen LogP contribution in [-0.4, -0.2) is 83.0 Å². The van der Waals surface area contributed by atoms with Crippen LogP contribution in [-0.2, 0) is 9.59 Å². The van der Waals surface area contributed by atoms with Gasteiger partial charge in [0.15, 0.2) is 0 Å². The molecule has 5 rings (SSSR count). The third-order valence-electron chi connectivity index (χ3n) is 8.23. The Balaban J connectivity index is 1.22. The van der Waals surface area contributed by atoms with Gasteiger partial charge in [0, 0.05) is 43.6 Å². The minimum absolute atomic E-state index is 0.0385. The lowest BCUT2D eigenvalue weighted by molar-refractivity contribution is -0.137. The number of hydrogen-bond donors (Lipinski definition) is 2. The molecular weight excluding hydrogens is 525 g/mol. The van der Waals surface area contributed by atoms with E-state index in [1.165, 1.54) is 43.2 Å². The zero-order valence-electron chi connectivity index (χ0n) is 22.8. The summed E-state index contributed by atoms with van der Waals surface area (Å²) >= 11 is 3.58. The van der Waals surface area contributed by atoms with Crippen LogP contribution in [0.15, 0.2) is 60.7 Å². The largest absolute Gasteiger partial charge is 0.342 e. The summed E-state index contributed by atoms with van der Waals surface area (Å²) in [6.07, 6.45) is 6.60. The molecule has 2 unspecified atom stereocenters. The van der Waals surface area contributed by atoms with Gasteiger partial charge < -0.3 is 10.2 Å². The van der Waals surface area contributed by atoms with Crippen LogP contribution in [0, 0.1) is 5.92 Å². The average molecular weight is 567 g/mol. The summed E-state index contributed by atoms with van der Waals surface area (Å²) in [7, 11) is 0. The van der Waals surface area contributed by atoms with E-state index in [0.717, 1.165) is 36.4 Å². The Morgan fingerprint density at radius 3 is 2.15 bits per heavy atom. The summed E-state index contributed by atoms with van der Waals surface area (Å²) in [6.45, 7) is 2.95. The molecule has 2 atom stereocenters. The molecule has 0 spiro atoms. The van der Waals surface area contributed by atoms with Crippen LogP contribution in [0.25, 0.3) is 0 Å². The number of rotatable bonds is 10. The van der Waals surface area contributed by atoms with Crippen LogP contribution < -0.4 is 10.6 Å². The predicted octanol–water partition coefficient (Wildman–Crippen LogP) is 4.38. The monoisotopic (exact) mass is 566 g/mol. The normalized spacial score (nSPS) is 21.7. The molecule has 1 saturated carbocycles. The third-order valence-corrected chi connectivity index (χ3v) is 10.4. The molecule has 2 heterocycles. The second-order valence-electron chi connectivity index (χ2n) is 11.0. The van der Waals surface area contributed by atoms with Crippen molar-refractivity contribution in [2.24, 2.45) is 5.92 Å². The molecule has 2 N–H and O–H groups in total. The van der Waals surface area contributed by atoms with E-state index in [9.17, 15) is 9.59 Å². The highest BCUT2D eigenvalue weighted by Gasteiger charge is 2.33. The van der Waals surface area contributed by atoms with Crippen molar-refractivity contribution < 1.29 is 9.59 Å². The fraction of sp³-hybridized carbons (Fsp3) is 0.548. The number of nitrogens with zero attached hydrogens (tertiary/aromatic N) is 2. The van der Waals surface area contributed by atoms with Crippen LogP contribution in [0.4, 0.5) is 0 Å². The first kappa shape index (κ1) is 28.5. The first-order valence-electron chi connectivity index (χ1n) is 14.5. The fourth-order valence-electron chi connectivity index (χ4n) is 6.02. The topological polar surface area (TPSA) is 64.7 Å². The molecule has 6 nitrogen and oxygen atoms in total. The van der Waals surface area contributed by atoms with E-state index in [0.29, 0.717) is 18.8 Å². The molecule has 2 amide bonds. The number of amides is 2. The van der Waals surface area contributed by atoms with Crippen molar-refractivity contribution in [1.82, 2.24) is 20.4 Å². The van der Waals surface area contributed by atoms with E-state index < -0.39 is 6.04 Å². The molecule has 1 aliphatic carbocycles. The highest BCUT2D eigenvalue weighted by atomic mass is 32.2. The Hall–Kier alpha value is -2.00. The van der Waals surface area contributed by atoms with Gasteiger partial charge in [0.05, 0.1) is 12.1 Å². The van der Waals surface area contributed by atoms with Crippen molar-refractivity contribution in [1.29, 1.82) is 0 Å². The lowest BCUT2D eigenvalue weighted by Gasteiger charge is -2.40. The van der Waals surface area contributed by atoms with E-state index >= 15 is 0 Å². The molecule has 2 saturated heterocycles. The smallest absolute Gasteiger partial charge is 0.246 e. The number of piperazine rings is 1. The number of carbonyl (C=O) groups is 2. The van der Waals surface area contributed by atoms with Crippen LogP contribution in [0.3, 0.4) is 0 Å². The Morgan fingerprint density at radius 2 is 1.56 bits per heavy atom. The minimum Gasteiger partial charge on any atom is -0.342 e. The zero-order chi connectivity index (χ0) is 26.9. The molecule has 0 aromatic heterocycles. The second kappa shape index (κ2) is 14.6. The average Bonchev–Trinajstić information content (AvgIpc) is 3.54. The standard InChI is InChI=1S/C31H42N4O2S2/c36-30(27-21-39-23-32-27)33-28(22-38-20-24-10-4-1-5-11-24)31(37)35-18-16-34(17-19-35)29(25-12-6-2-7-13-25)26-14-8-3-9-15-26/h2-3,6-9,12-15,24,27-29,32H,1,4-5,10-11,16-23H2,(H,33,36). The van der Waals surface area contributed by atoms with Gasteiger partial charge in [-0.25, -0.2) is 0 Å². The molecule has 210 valence electrons. The van der Waals surface area contributed by atoms with E-state index in [1.807, 2.05) is 16.7 Å². The van der Waals surface area contributed by atoms with Gasteiger partial charge in [0.2, 0.25) is 11.8 Å². The lowest BCUT2D eigenvalue weighted by atomic mass is 9.91. The van der Waals surface area contributed by atoms with Crippen LogP contribution in [0.5, 0.6) is 0 Å². The maximum atomic E-state index is 13.8. The Morgan fingerprint density at radius 1 is 0.923 bits per heavy atom. The number of nitrogens with one attached hydrogen (secondary N) is 2. The van der Waals surface area contributed by atoms with Gasteiger partial charge in [0.1, 0.15) is 6.04 Å². The van der Waals surface area contributed by atoms with E-state index in [-0.39, 0.29) is 23.9 Å². The molecule has 2 aromatic rings. The molecule has 0 bridgehead atoms. The Bertz CT molecular complexity index is 998. The molecule has 3 fully saturated rings. The molecular formula is C31H42N4O2S2. The van der Waals surface area contributed by atoms with Crippen LogP contribution in [0.1, 0.15) is 49.3 Å². The van der Waals surface area contributed by atoms with Crippen molar-refractivity contribution in [3.63, 3.8) is 0 Å². The van der Waals surface area contributed by atoms with Gasteiger partial charge in [0.25, 0.3) is 0 Å². The summed E-state index contributed by atoms with van der Waals surface area (Å²) in [5, 5.41) is 6.39. The van der Waals surface area contributed by atoms with Crippen molar-refractivity contribution in [3.8, 4) is 0 Å². The number of thioether (sulfide) groups is 2. The van der Waals surface area contributed by atoms with Crippen molar-refractivity contribution in [2.75, 3.05) is 49.3 Å². The summed E-state index contributed by atoms with van der Waals surface area (Å²) in [4.78, 5) is 31.3. The minimum atomic E-state index is -0.468. The van der Waals surface area contributed by atoms with Gasteiger partial charge in [-0.05, 0) is 35.6 Å². The van der Waals surface area contributed by atoms with Gasteiger partial charge in [-0.15, -0.1) is 11.8 Å². The maximum absolute atomic E-state index is 13.8. The number of carbonyl (C=O) groups excluding carboxylic acids is 2. The number of benzene rings is 2. The summed E-state index contributed by atoms with van der Waals surface area (Å²) < 4.78 is 0. The quantitative estimate of drug-likeness (QED) is 0.445. The van der Waals surface area contributed by atoms with Gasteiger partial charge in [-0.2, -0.15) is 11.8 Å². The highest BCUT2D eigenvalue weighted by Crippen LogP contribution is 2.30. The van der Waals surface area contributed by atoms with Gasteiger partial charge in [-0.1, -0.05) is 79.9 Å². The van der Waals surface area contributed by atoms with Crippen LogP contribution in [0.2, 0.25) is 0 Å². The van der Waals surface area contributed by atoms with Crippen molar-refractivity contribution in [3.05, 3.63) is 71.8 Å². The molecule has 8 heteroatoms. The maximum Gasteiger partial charge on any atom is 0.246 e. The van der Waals surface area contributed by atoms with Crippen molar-refractivity contribution in [2.45, 2.75) is 50.2 Å². The highest BCUT2D eigenvalue weighted by molar-refractivity contribution is 7.99. The molecule has 2 aromatic carbocycles. The van der Waals surface area contributed by atoms with E-state index in [1.54, 1.807) is 11.8 Å². The fourth-order valence-corrected chi connectivity index (χ4v) is 8.23. The third kappa shape index (κ3) is 7.81. The van der Waals surface area contributed by atoms with Gasteiger partial charge in [-0.3, -0.25) is 19.8 Å². The Kier molecular flexibility index (Phi) is 10.7. The zero-order valence-corrected chi connectivity index (χ0v) is 24.4. The van der Waals surface area contributed by atoms with E-state index in [2.05, 4.69) is 76.2 Å². The summed E-state index contributed by atoms with van der Waals surface area (Å²) in [5.41, 5.74) is 2.55. The first-order chi connectivity index (χ1) is 19.2. The van der Waals surface area contributed by atoms with E-state index in [4.69, 9.17) is 0 Å². The molecule has 39 heavy (non-hydrogen) atoms. The molecule has 2 aliphatic heterocycles. The summed E-state index contributed by atoms with van der Waals surface area (Å²) in [6, 6.07) is 20.8. The van der Waals surface area contributed by atoms with Crippen LogP contribution >= 0.6 is 23.5 Å².